The molecule has 0 radical (unpaired) electrons. The van der Waals surface area contributed by atoms with Gasteiger partial charge in [-0.3, -0.25) is 15.0 Å². The Morgan fingerprint density at radius 1 is 1.31 bits per heavy atom. The van der Waals surface area contributed by atoms with Crippen molar-refractivity contribution in [2.45, 2.75) is 12.1 Å². The maximum absolute atomic E-state index is 14.5. The zero-order chi connectivity index (χ0) is 24.0. The first-order valence-corrected chi connectivity index (χ1v) is 11.2. The number of amides is 1. The molecule has 32 heavy (non-hydrogen) atoms. The third-order valence-electron chi connectivity index (χ3n) is 4.87. The minimum absolute atomic E-state index is 0.241. The number of carbonyl (C=O) groups is 2. The summed E-state index contributed by atoms with van der Waals surface area (Å²) >= 11 is 5.65. The Kier molecular flexibility index (Phi) is 6.06. The van der Waals surface area contributed by atoms with Gasteiger partial charge < -0.3 is 15.1 Å². The summed E-state index contributed by atoms with van der Waals surface area (Å²) in [6.07, 6.45) is 1.000. The maximum Gasteiger partial charge on any atom is 0.407 e. The predicted octanol–water partition coefficient (Wildman–Crippen LogP) is 0.997. The second-order valence-corrected chi connectivity index (χ2v) is 9.60. The van der Waals surface area contributed by atoms with Gasteiger partial charge in [-0.25, -0.2) is 32.4 Å². The van der Waals surface area contributed by atoms with Crippen LogP contribution in [0.15, 0.2) is 12.4 Å². The van der Waals surface area contributed by atoms with Gasteiger partial charge >= 0.3 is 17.7 Å². The zero-order valence-electron chi connectivity index (χ0n) is 16.2. The van der Waals surface area contributed by atoms with E-state index in [1.165, 1.54) is 0 Å². The molecule has 2 N–H and O–H groups in total. The highest BCUT2D eigenvalue weighted by atomic mass is 35.5. The smallest absolute Gasteiger partial charge is 0.407 e. The summed E-state index contributed by atoms with van der Waals surface area (Å²) in [4.78, 5) is 43.3. The first-order chi connectivity index (χ1) is 14.8. The molecule has 1 amide bonds. The van der Waals surface area contributed by atoms with Crippen molar-refractivity contribution in [2.75, 3.05) is 30.0 Å². The van der Waals surface area contributed by atoms with E-state index in [1.54, 1.807) is 0 Å². The molecule has 13 nitrogen and oxygen atoms in total. The Morgan fingerprint density at radius 3 is 2.50 bits per heavy atom. The average molecular weight is 492 g/mol. The predicted molar refractivity (Wildman–Crippen MR) is 108 cm³/mol. The number of halogens is 2. The molecule has 2 aromatic heterocycles. The standard InChI is InChI=1S/C16H15ClFN5O8S/c1-32(30,31)6-7-4-22(10(15(24)25)5-21(7)16(26)27)13-8-2-20-14(17)11(18)12(8)19-3-9(13)23(28)29/h2-3,7,10H,4-6H2,1H3,(H,24,25)(H,26,27). The topological polar surface area (TPSA) is 184 Å². The molecule has 2 unspecified atom stereocenters. The lowest BCUT2D eigenvalue weighted by Gasteiger charge is -2.44. The fraction of sp³-hybridized carbons (Fsp3) is 0.375. The summed E-state index contributed by atoms with van der Waals surface area (Å²) in [5.74, 6) is -3.29. The van der Waals surface area contributed by atoms with Gasteiger partial charge in [0, 0.05) is 19.0 Å². The number of aliphatic carboxylic acids is 1. The highest BCUT2D eigenvalue weighted by Crippen LogP contribution is 2.39. The van der Waals surface area contributed by atoms with Crippen LogP contribution in [0, 0.1) is 15.9 Å². The first kappa shape index (κ1) is 23.3. The molecule has 172 valence electrons. The van der Waals surface area contributed by atoms with Crippen molar-refractivity contribution in [3.63, 3.8) is 0 Å². The molecular formula is C16H15ClFN5O8S. The third-order valence-corrected chi connectivity index (χ3v) is 6.12. The molecule has 0 saturated carbocycles. The number of carboxylic acid groups (broad SMARTS) is 2. The van der Waals surface area contributed by atoms with E-state index in [4.69, 9.17) is 11.6 Å². The maximum atomic E-state index is 14.5. The minimum Gasteiger partial charge on any atom is -0.480 e. The Morgan fingerprint density at radius 2 is 1.97 bits per heavy atom. The molecule has 1 fully saturated rings. The molecule has 0 bridgehead atoms. The van der Waals surface area contributed by atoms with Crippen molar-refractivity contribution in [3.05, 3.63) is 33.5 Å². The van der Waals surface area contributed by atoms with Crippen molar-refractivity contribution in [2.24, 2.45) is 0 Å². The van der Waals surface area contributed by atoms with Crippen LogP contribution in [0.5, 0.6) is 0 Å². The van der Waals surface area contributed by atoms with E-state index >= 15 is 0 Å². The van der Waals surface area contributed by atoms with Crippen molar-refractivity contribution in [3.8, 4) is 0 Å². The summed E-state index contributed by atoms with van der Waals surface area (Å²) in [7, 11) is -3.73. The van der Waals surface area contributed by atoms with E-state index in [0.29, 0.717) is 11.1 Å². The SMILES string of the molecule is CS(=O)(=O)CC1CN(c2c([N+](=O)[O-])cnc3c(F)c(Cl)ncc23)C(C(=O)O)CN1C(=O)O. The highest BCUT2D eigenvalue weighted by Gasteiger charge is 2.44. The van der Waals surface area contributed by atoms with Gasteiger partial charge in [0.1, 0.15) is 33.3 Å². The molecule has 16 heteroatoms. The lowest BCUT2D eigenvalue weighted by molar-refractivity contribution is -0.384. The van der Waals surface area contributed by atoms with E-state index in [0.717, 1.165) is 17.4 Å². The Hall–Kier alpha value is -3.33. The number of hydrogen-bond donors (Lipinski definition) is 2. The number of aromatic nitrogens is 2. The van der Waals surface area contributed by atoms with Crippen molar-refractivity contribution < 1.29 is 37.5 Å². The van der Waals surface area contributed by atoms with Gasteiger partial charge in [-0.2, -0.15) is 0 Å². The lowest BCUT2D eigenvalue weighted by atomic mass is 10.0. The van der Waals surface area contributed by atoms with Gasteiger partial charge in [0.05, 0.1) is 28.6 Å². The van der Waals surface area contributed by atoms with E-state index in [2.05, 4.69) is 9.97 Å². The number of piperazine rings is 1. The molecule has 3 rings (SSSR count). The third kappa shape index (κ3) is 4.34. The van der Waals surface area contributed by atoms with Crippen LogP contribution in [0.25, 0.3) is 10.9 Å². The highest BCUT2D eigenvalue weighted by molar-refractivity contribution is 7.90. The number of nitrogens with zero attached hydrogens (tertiary/aromatic N) is 5. The average Bonchev–Trinajstić information content (AvgIpc) is 2.67. The van der Waals surface area contributed by atoms with Gasteiger partial charge in [0.25, 0.3) is 0 Å². The fourth-order valence-corrected chi connectivity index (χ4v) is 4.71. The normalized spacial score (nSPS) is 19.2. The molecule has 2 atom stereocenters. The summed E-state index contributed by atoms with van der Waals surface area (Å²) < 4.78 is 38.2. The Bertz CT molecular complexity index is 1240. The second kappa shape index (κ2) is 8.31. The Balaban J connectivity index is 2.28. The van der Waals surface area contributed by atoms with Crippen molar-refractivity contribution in [1.29, 1.82) is 0 Å². The fourth-order valence-electron chi connectivity index (χ4n) is 3.59. The molecular weight excluding hydrogens is 477 g/mol. The summed E-state index contributed by atoms with van der Waals surface area (Å²) in [6.45, 7) is -1.24. The number of carboxylic acids is 1. The summed E-state index contributed by atoms with van der Waals surface area (Å²) in [5, 5.41) is 30.0. The van der Waals surface area contributed by atoms with E-state index < -0.39 is 79.9 Å². The molecule has 1 aliphatic rings. The van der Waals surface area contributed by atoms with Crippen LogP contribution >= 0.6 is 11.6 Å². The van der Waals surface area contributed by atoms with Gasteiger partial charge in [-0.1, -0.05) is 11.6 Å². The van der Waals surface area contributed by atoms with Crippen LogP contribution in [0.1, 0.15) is 0 Å². The van der Waals surface area contributed by atoms with E-state index in [1.807, 2.05) is 0 Å². The second-order valence-electron chi connectivity index (χ2n) is 7.06. The number of hydrogen-bond acceptors (Lipinski definition) is 9. The molecule has 0 aliphatic carbocycles. The molecule has 0 spiro atoms. The zero-order valence-corrected chi connectivity index (χ0v) is 17.7. The largest absolute Gasteiger partial charge is 0.480 e. The van der Waals surface area contributed by atoms with E-state index in [9.17, 15) is 42.7 Å². The van der Waals surface area contributed by atoms with Crippen LogP contribution in [0.4, 0.5) is 20.6 Å². The van der Waals surface area contributed by atoms with Crippen LogP contribution in [-0.2, 0) is 14.6 Å². The van der Waals surface area contributed by atoms with Gasteiger partial charge in [-0.15, -0.1) is 0 Å². The quantitative estimate of drug-likeness (QED) is 0.345. The van der Waals surface area contributed by atoms with Crippen LogP contribution in [-0.4, -0.2) is 87.7 Å². The van der Waals surface area contributed by atoms with Gasteiger partial charge in [0.15, 0.2) is 11.0 Å². The summed E-state index contributed by atoms with van der Waals surface area (Å²) in [6, 6.07) is -2.91. The number of sulfone groups is 1. The van der Waals surface area contributed by atoms with Gasteiger partial charge in [-0.05, 0) is 0 Å². The lowest BCUT2D eigenvalue weighted by Crippen LogP contribution is -2.63. The minimum atomic E-state index is -3.73. The van der Waals surface area contributed by atoms with Crippen molar-refractivity contribution in [1.82, 2.24) is 14.9 Å². The number of anilines is 1. The number of nitro groups is 1. The molecule has 1 aliphatic heterocycles. The van der Waals surface area contributed by atoms with Crippen molar-refractivity contribution >= 4 is 55.8 Å². The first-order valence-electron chi connectivity index (χ1n) is 8.75. The summed E-state index contributed by atoms with van der Waals surface area (Å²) in [5.41, 5.74) is -1.51. The van der Waals surface area contributed by atoms with E-state index in [-0.39, 0.29) is 11.1 Å². The molecule has 3 heterocycles. The monoisotopic (exact) mass is 491 g/mol. The van der Waals surface area contributed by atoms with Crippen LogP contribution in [0.2, 0.25) is 5.15 Å². The molecule has 1 saturated heterocycles. The van der Waals surface area contributed by atoms with Crippen LogP contribution < -0.4 is 4.90 Å². The number of pyridine rings is 2. The number of fused-ring (bicyclic) bond motifs is 1. The van der Waals surface area contributed by atoms with Crippen LogP contribution in [0.3, 0.4) is 0 Å². The molecule has 0 aromatic carbocycles. The number of rotatable bonds is 5. The van der Waals surface area contributed by atoms with Gasteiger partial charge in [0.2, 0.25) is 0 Å². The molecule has 2 aromatic rings. The Labute approximate surface area is 184 Å².